The highest BCUT2D eigenvalue weighted by Crippen LogP contribution is 2.34. The van der Waals surface area contributed by atoms with Crippen LogP contribution in [0.25, 0.3) is 32.7 Å². The largest absolute Gasteiger partial charge is 0.344 e. The Morgan fingerprint density at radius 2 is 0.722 bits per heavy atom. The van der Waals surface area contributed by atoms with E-state index in [4.69, 9.17) is 0 Å². The number of fused-ring (bicyclic) bond motifs is 2. The van der Waals surface area contributed by atoms with Crippen LogP contribution in [-0.4, -0.2) is 14.1 Å². The fraction of sp³-hybridized carbons (Fsp3) is 0.0588. The van der Waals surface area contributed by atoms with Crippen molar-refractivity contribution in [2.24, 2.45) is 0 Å². The van der Waals surface area contributed by atoms with Gasteiger partial charge in [0.1, 0.15) is 0 Å². The molecule has 0 saturated carbocycles. The molecule has 0 aliphatic rings. The quantitative estimate of drug-likeness (QED) is 0.251. The SMILES string of the molecule is CN(c1ccc(-c2ccc(N(C)c3cccc4ccccc34)cc2)cc1)c1cccc2ccccc12. The first-order valence-corrected chi connectivity index (χ1v) is 12.3. The molecule has 0 fully saturated rings. The van der Waals surface area contributed by atoms with Crippen LogP contribution in [0.1, 0.15) is 0 Å². The molecule has 0 radical (unpaired) electrons. The van der Waals surface area contributed by atoms with Crippen molar-refractivity contribution in [1.29, 1.82) is 0 Å². The number of benzene rings is 6. The predicted molar refractivity (Wildman–Crippen MR) is 156 cm³/mol. The van der Waals surface area contributed by atoms with Gasteiger partial charge in [-0.05, 0) is 58.3 Å². The van der Waals surface area contributed by atoms with Crippen LogP contribution in [0, 0.1) is 0 Å². The first-order chi connectivity index (χ1) is 17.7. The fourth-order valence-electron chi connectivity index (χ4n) is 5.03. The zero-order chi connectivity index (χ0) is 24.5. The van der Waals surface area contributed by atoms with E-state index in [2.05, 4.69) is 157 Å². The highest BCUT2D eigenvalue weighted by molar-refractivity contribution is 5.97. The van der Waals surface area contributed by atoms with Gasteiger partial charge in [0.25, 0.3) is 0 Å². The molecule has 0 aromatic heterocycles. The summed E-state index contributed by atoms with van der Waals surface area (Å²) in [7, 11) is 4.27. The molecule has 174 valence electrons. The lowest BCUT2D eigenvalue weighted by atomic mass is 10.0. The van der Waals surface area contributed by atoms with E-state index in [-0.39, 0.29) is 0 Å². The second kappa shape index (κ2) is 9.24. The van der Waals surface area contributed by atoms with Crippen LogP contribution < -0.4 is 9.80 Å². The van der Waals surface area contributed by atoms with Crippen molar-refractivity contribution in [2.75, 3.05) is 23.9 Å². The Kier molecular flexibility index (Phi) is 5.63. The van der Waals surface area contributed by atoms with Gasteiger partial charge < -0.3 is 9.80 Å². The van der Waals surface area contributed by atoms with E-state index in [9.17, 15) is 0 Å². The highest BCUT2D eigenvalue weighted by Gasteiger charge is 2.10. The number of hydrogen-bond donors (Lipinski definition) is 0. The van der Waals surface area contributed by atoms with E-state index >= 15 is 0 Å². The number of hydrogen-bond acceptors (Lipinski definition) is 2. The molecule has 0 amide bonds. The summed E-state index contributed by atoms with van der Waals surface area (Å²) in [5, 5.41) is 5.04. The van der Waals surface area contributed by atoms with Crippen LogP contribution in [0.2, 0.25) is 0 Å². The molecule has 2 nitrogen and oxygen atoms in total. The number of nitrogens with zero attached hydrogens (tertiary/aromatic N) is 2. The van der Waals surface area contributed by atoms with Crippen molar-refractivity contribution in [3.63, 3.8) is 0 Å². The average molecular weight is 465 g/mol. The third kappa shape index (κ3) is 3.97. The molecule has 36 heavy (non-hydrogen) atoms. The molecule has 0 bridgehead atoms. The Morgan fingerprint density at radius 1 is 0.361 bits per heavy atom. The monoisotopic (exact) mass is 464 g/mol. The van der Waals surface area contributed by atoms with Gasteiger partial charge in [-0.3, -0.25) is 0 Å². The fourth-order valence-corrected chi connectivity index (χ4v) is 5.03. The van der Waals surface area contributed by atoms with E-state index in [0.717, 1.165) is 0 Å². The Bertz CT molecular complexity index is 1510. The summed E-state index contributed by atoms with van der Waals surface area (Å²) in [5.74, 6) is 0. The van der Waals surface area contributed by atoms with Crippen molar-refractivity contribution in [2.45, 2.75) is 0 Å². The molecule has 0 spiro atoms. The normalized spacial score (nSPS) is 11.1. The second-order valence-electron chi connectivity index (χ2n) is 9.21. The molecule has 6 aromatic carbocycles. The van der Waals surface area contributed by atoms with Crippen molar-refractivity contribution in [3.05, 3.63) is 133 Å². The third-order valence-corrected chi connectivity index (χ3v) is 7.10. The first-order valence-electron chi connectivity index (χ1n) is 12.3. The molecular formula is C34H28N2. The summed E-state index contributed by atoms with van der Waals surface area (Å²) >= 11 is 0. The lowest BCUT2D eigenvalue weighted by Gasteiger charge is -2.22. The van der Waals surface area contributed by atoms with Gasteiger partial charge in [0.15, 0.2) is 0 Å². The van der Waals surface area contributed by atoms with Crippen LogP contribution in [-0.2, 0) is 0 Å². The van der Waals surface area contributed by atoms with E-state index in [0.29, 0.717) is 0 Å². The Hall–Kier alpha value is -4.56. The van der Waals surface area contributed by atoms with Crippen LogP contribution in [0.4, 0.5) is 22.7 Å². The van der Waals surface area contributed by atoms with Crippen LogP contribution in [0.5, 0.6) is 0 Å². The molecular weight excluding hydrogens is 436 g/mol. The van der Waals surface area contributed by atoms with Crippen molar-refractivity contribution >= 4 is 44.3 Å². The molecule has 0 aliphatic heterocycles. The van der Waals surface area contributed by atoms with Crippen molar-refractivity contribution < 1.29 is 0 Å². The molecule has 2 heteroatoms. The van der Waals surface area contributed by atoms with Crippen molar-refractivity contribution in [3.8, 4) is 11.1 Å². The minimum Gasteiger partial charge on any atom is -0.344 e. The Balaban J connectivity index is 1.25. The lowest BCUT2D eigenvalue weighted by Crippen LogP contribution is -2.10. The van der Waals surface area contributed by atoms with Crippen molar-refractivity contribution in [1.82, 2.24) is 0 Å². The highest BCUT2D eigenvalue weighted by atomic mass is 15.1. The zero-order valence-corrected chi connectivity index (χ0v) is 20.6. The van der Waals surface area contributed by atoms with Gasteiger partial charge >= 0.3 is 0 Å². The van der Waals surface area contributed by atoms with Gasteiger partial charge in [-0.25, -0.2) is 0 Å². The third-order valence-electron chi connectivity index (χ3n) is 7.10. The number of anilines is 4. The van der Waals surface area contributed by atoms with E-state index in [1.165, 1.54) is 55.4 Å². The summed E-state index contributed by atoms with van der Waals surface area (Å²) in [6.07, 6.45) is 0. The van der Waals surface area contributed by atoms with Crippen LogP contribution in [0.3, 0.4) is 0 Å². The Morgan fingerprint density at radius 3 is 1.14 bits per heavy atom. The van der Waals surface area contributed by atoms with Crippen LogP contribution in [0.15, 0.2) is 133 Å². The summed E-state index contributed by atoms with van der Waals surface area (Å²) in [6.45, 7) is 0. The first kappa shape index (κ1) is 21.9. The molecule has 0 unspecified atom stereocenters. The Labute approximate surface area is 212 Å². The standard InChI is InChI=1S/C34H28N2/c1-35(33-15-7-11-27-9-3-5-13-31(27)33)29-21-17-25(18-22-29)26-19-23-30(24-20-26)36(2)34-16-8-12-28-10-4-6-14-32(28)34/h3-24H,1-2H3. The van der Waals surface area contributed by atoms with E-state index < -0.39 is 0 Å². The zero-order valence-electron chi connectivity index (χ0n) is 20.6. The second-order valence-corrected chi connectivity index (χ2v) is 9.21. The molecule has 6 aromatic rings. The molecule has 0 heterocycles. The van der Waals surface area contributed by atoms with Crippen LogP contribution >= 0.6 is 0 Å². The van der Waals surface area contributed by atoms with Gasteiger partial charge in [-0.15, -0.1) is 0 Å². The summed E-state index contributed by atoms with van der Waals surface area (Å²) in [5.41, 5.74) is 7.18. The summed E-state index contributed by atoms with van der Waals surface area (Å²) in [4.78, 5) is 4.52. The molecule has 0 N–H and O–H groups in total. The smallest absolute Gasteiger partial charge is 0.0487 e. The number of rotatable bonds is 5. The maximum atomic E-state index is 2.26. The van der Waals surface area contributed by atoms with E-state index in [1.54, 1.807) is 0 Å². The summed E-state index contributed by atoms with van der Waals surface area (Å²) < 4.78 is 0. The van der Waals surface area contributed by atoms with Gasteiger partial charge in [0, 0.05) is 47.6 Å². The van der Waals surface area contributed by atoms with Gasteiger partial charge in [-0.1, -0.05) is 97.1 Å². The molecule has 0 aliphatic carbocycles. The summed E-state index contributed by atoms with van der Waals surface area (Å²) in [6, 6.07) is 47.7. The lowest BCUT2D eigenvalue weighted by molar-refractivity contribution is 1.22. The van der Waals surface area contributed by atoms with Gasteiger partial charge in [0.05, 0.1) is 0 Å². The maximum absolute atomic E-state index is 2.26. The predicted octanol–water partition coefficient (Wildman–Crippen LogP) is 9.20. The minimum atomic E-state index is 1.17. The molecule has 0 atom stereocenters. The van der Waals surface area contributed by atoms with E-state index in [1.807, 2.05) is 0 Å². The molecule has 0 saturated heterocycles. The average Bonchev–Trinajstić information content (AvgIpc) is 2.96. The topological polar surface area (TPSA) is 6.48 Å². The molecule has 6 rings (SSSR count). The minimum absolute atomic E-state index is 1.17. The van der Waals surface area contributed by atoms with Gasteiger partial charge in [0.2, 0.25) is 0 Å². The maximum Gasteiger partial charge on any atom is 0.0487 e. The van der Waals surface area contributed by atoms with Gasteiger partial charge in [-0.2, -0.15) is 0 Å².